The molecule has 0 aliphatic carbocycles. The van der Waals surface area contributed by atoms with Gasteiger partial charge < -0.3 is 15.1 Å². The number of hydrogen-bond acceptors (Lipinski definition) is 5. The van der Waals surface area contributed by atoms with Crippen LogP contribution in [0.3, 0.4) is 0 Å². The number of rotatable bonds is 3. The first-order valence-corrected chi connectivity index (χ1v) is 8.43. The molecule has 1 aliphatic heterocycles. The molecule has 1 fully saturated rings. The zero-order chi connectivity index (χ0) is 16.7. The standard InChI is InChI=1S/C18H22N4O2/c1-18(23,24)12-13-6-9-21(10-7-13)16-8-11-22-15-5-3-2-4-14(15)19-17(22)20-16/h2-5,8,11,13,23-24H,6-7,9-10,12H2,1H3. The summed E-state index contributed by atoms with van der Waals surface area (Å²) < 4.78 is 2.01. The van der Waals surface area contributed by atoms with Crippen molar-refractivity contribution in [2.45, 2.75) is 32.0 Å². The van der Waals surface area contributed by atoms with Crippen LogP contribution in [-0.2, 0) is 0 Å². The minimum Gasteiger partial charge on any atom is -0.366 e. The van der Waals surface area contributed by atoms with Crippen molar-refractivity contribution in [3.63, 3.8) is 0 Å². The molecule has 1 saturated heterocycles. The normalized spacial score (nSPS) is 17.0. The fourth-order valence-electron chi connectivity index (χ4n) is 3.63. The first-order chi connectivity index (χ1) is 11.5. The first-order valence-electron chi connectivity index (χ1n) is 8.43. The number of nitrogens with zero attached hydrogens (tertiary/aromatic N) is 4. The molecule has 2 aromatic heterocycles. The second-order valence-corrected chi connectivity index (χ2v) is 6.91. The van der Waals surface area contributed by atoms with Crippen molar-refractivity contribution in [2.24, 2.45) is 5.92 Å². The molecular formula is C18H22N4O2. The van der Waals surface area contributed by atoms with E-state index < -0.39 is 5.79 Å². The maximum atomic E-state index is 9.56. The zero-order valence-electron chi connectivity index (χ0n) is 13.8. The summed E-state index contributed by atoms with van der Waals surface area (Å²) in [4.78, 5) is 11.6. The van der Waals surface area contributed by atoms with Gasteiger partial charge in [-0.05, 0) is 43.9 Å². The number of fused-ring (bicyclic) bond motifs is 3. The maximum Gasteiger partial charge on any atom is 0.236 e. The Morgan fingerprint density at radius 1 is 1.12 bits per heavy atom. The predicted molar refractivity (Wildman–Crippen MR) is 92.9 cm³/mol. The third-order valence-electron chi connectivity index (χ3n) is 4.78. The zero-order valence-corrected chi connectivity index (χ0v) is 13.8. The molecule has 6 nitrogen and oxygen atoms in total. The van der Waals surface area contributed by atoms with Crippen LogP contribution < -0.4 is 4.90 Å². The Morgan fingerprint density at radius 2 is 1.88 bits per heavy atom. The van der Waals surface area contributed by atoms with E-state index in [2.05, 4.69) is 9.88 Å². The molecule has 0 spiro atoms. The van der Waals surface area contributed by atoms with Gasteiger partial charge in [0, 0.05) is 25.7 Å². The molecule has 0 amide bonds. The van der Waals surface area contributed by atoms with Crippen LogP contribution in [0, 0.1) is 5.92 Å². The van der Waals surface area contributed by atoms with E-state index in [-0.39, 0.29) is 0 Å². The van der Waals surface area contributed by atoms with E-state index in [1.54, 1.807) is 0 Å². The molecule has 0 bridgehead atoms. The minimum atomic E-state index is -1.57. The fourth-order valence-corrected chi connectivity index (χ4v) is 3.63. The largest absolute Gasteiger partial charge is 0.366 e. The van der Waals surface area contributed by atoms with Gasteiger partial charge in [0.15, 0.2) is 5.79 Å². The maximum absolute atomic E-state index is 9.56. The van der Waals surface area contributed by atoms with Crippen LogP contribution in [0.1, 0.15) is 26.2 Å². The van der Waals surface area contributed by atoms with Crippen LogP contribution in [-0.4, -0.2) is 43.5 Å². The minimum absolute atomic E-state index is 0.346. The molecule has 4 rings (SSSR count). The highest BCUT2D eigenvalue weighted by Crippen LogP contribution is 2.28. The Labute approximate surface area is 140 Å². The summed E-state index contributed by atoms with van der Waals surface area (Å²) >= 11 is 0. The highest BCUT2D eigenvalue weighted by atomic mass is 16.5. The van der Waals surface area contributed by atoms with Gasteiger partial charge >= 0.3 is 0 Å². The fraction of sp³-hybridized carbons (Fsp3) is 0.444. The molecule has 1 aliphatic rings. The molecule has 126 valence electrons. The monoisotopic (exact) mass is 326 g/mol. The van der Waals surface area contributed by atoms with Crippen LogP contribution in [0.25, 0.3) is 16.8 Å². The summed E-state index contributed by atoms with van der Waals surface area (Å²) in [5.74, 6) is 0.431. The van der Waals surface area contributed by atoms with E-state index in [1.165, 1.54) is 6.92 Å². The molecule has 1 aromatic carbocycles. The van der Waals surface area contributed by atoms with Gasteiger partial charge in [-0.15, -0.1) is 0 Å². The van der Waals surface area contributed by atoms with Crippen molar-refractivity contribution >= 4 is 22.6 Å². The number of aliphatic hydroxyl groups is 2. The molecule has 24 heavy (non-hydrogen) atoms. The SMILES string of the molecule is CC(O)(O)CC1CCN(c2ccn3c(n2)nc2ccccc23)CC1. The number of piperidine rings is 1. The Kier molecular flexibility index (Phi) is 3.66. The van der Waals surface area contributed by atoms with Gasteiger partial charge in [0.25, 0.3) is 0 Å². The number of aromatic nitrogens is 3. The quantitative estimate of drug-likeness (QED) is 0.722. The highest BCUT2D eigenvalue weighted by Gasteiger charge is 2.26. The lowest BCUT2D eigenvalue weighted by molar-refractivity contribution is -0.159. The number of benzene rings is 1. The molecular weight excluding hydrogens is 304 g/mol. The van der Waals surface area contributed by atoms with Crippen LogP contribution in [0.5, 0.6) is 0 Å². The molecule has 0 saturated carbocycles. The Balaban J connectivity index is 1.54. The lowest BCUT2D eigenvalue weighted by atomic mass is 9.90. The van der Waals surface area contributed by atoms with Gasteiger partial charge in [0.2, 0.25) is 5.78 Å². The molecule has 0 atom stereocenters. The summed E-state index contributed by atoms with van der Waals surface area (Å²) in [6.45, 7) is 3.21. The average Bonchev–Trinajstić information content (AvgIpc) is 2.91. The van der Waals surface area contributed by atoms with Crippen LogP contribution in [0.2, 0.25) is 0 Å². The topological polar surface area (TPSA) is 73.9 Å². The van der Waals surface area contributed by atoms with Crippen LogP contribution >= 0.6 is 0 Å². The van der Waals surface area contributed by atoms with Gasteiger partial charge in [0.1, 0.15) is 5.82 Å². The van der Waals surface area contributed by atoms with Gasteiger partial charge in [-0.25, -0.2) is 4.98 Å². The van der Waals surface area contributed by atoms with E-state index in [1.807, 2.05) is 40.9 Å². The number of para-hydroxylation sites is 2. The van der Waals surface area contributed by atoms with Crippen molar-refractivity contribution in [1.29, 1.82) is 0 Å². The molecule has 2 N–H and O–H groups in total. The third-order valence-corrected chi connectivity index (χ3v) is 4.78. The molecule has 3 aromatic rings. The molecule has 0 radical (unpaired) electrons. The van der Waals surface area contributed by atoms with Crippen molar-refractivity contribution in [1.82, 2.24) is 14.4 Å². The van der Waals surface area contributed by atoms with E-state index in [9.17, 15) is 10.2 Å². The Hall–Kier alpha value is -2.18. The summed E-state index contributed by atoms with van der Waals surface area (Å²) in [5.41, 5.74) is 2.02. The van der Waals surface area contributed by atoms with Gasteiger partial charge in [-0.2, -0.15) is 4.98 Å². The second kappa shape index (κ2) is 5.72. The Morgan fingerprint density at radius 3 is 2.62 bits per heavy atom. The predicted octanol–water partition coefficient (Wildman–Crippen LogP) is 2.19. The third kappa shape index (κ3) is 2.95. The molecule has 3 heterocycles. The summed E-state index contributed by atoms with van der Waals surface area (Å²) in [5, 5.41) is 19.1. The van der Waals surface area contributed by atoms with Crippen molar-refractivity contribution in [2.75, 3.05) is 18.0 Å². The smallest absolute Gasteiger partial charge is 0.236 e. The van der Waals surface area contributed by atoms with Gasteiger partial charge in [0.05, 0.1) is 11.0 Å². The second-order valence-electron chi connectivity index (χ2n) is 6.91. The van der Waals surface area contributed by atoms with Crippen molar-refractivity contribution in [3.05, 3.63) is 36.5 Å². The average molecular weight is 326 g/mol. The van der Waals surface area contributed by atoms with Crippen molar-refractivity contribution < 1.29 is 10.2 Å². The lowest BCUT2D eigenvalue weighted by Gasteiger charge is -2.34. The van der Waals surface area contributed by atoms with Gasteiger partial charge in [-0.1, -0.05) is 12.1 Å². The number of anilines is 1. The summed E-state index contributed by atoms with van der Waals surface area (Å²) in [6, 6.07) is 10.1. The van der Waals surface area contributed by atoms with E-state index >= 15 is 0 Å². The molecule has 0 unspecified atom stereocenters. The number of hydrogen-bond donors (Lipinski definition) is 2. The Bertz CT molecular complexity index is 860. The first kappa shape index (κ1) is 15.4. The summed E-state index contributed by atoms with van der Waals surface area (Å²) in [7, 11) is 0. The van der Waals surface area contributed by atoms with Gasteiger partial charge in [-0.3, -0.25) is 4.40 Å². The van der Waals surface area contributed by atoms with E-state index in [4.69, 9.17) is 4.98 Å². The van der Waals surface area contributed by atoms with Crippen molar-refractivity contribution in [3.8, 4) is 0 Å². The van der Waals surface area contributed by atoms with Crippen LogP contribution in [0.15, 0.2) is 36.5 Å². The lowest BCUT2D eigenvalue weighted by Crippen LogP contribution is -2.37. The van der Waals surface area contributed by atoms with E-state index in [0.29, 0.717) is 18.1 Å². The highest BCUT2D eigenvalue weighted by molar-refractivity contribution is 5.79. The van der Waals surface area contributed by atoms with E-state index in [0.717, 1.165) is 42.8 Å². The van der Waals surface area contributed by atoms with Crippen LogP contribution in [0.4, 0.5) is 5.82 Å². The summed E-state index contributed by atoms with van der Waals surface area (Å²) in [6.07, 6.45) is 4.34. The number of imidazole rings is 1. The molecule has 6 heteroatoms.